The van der Waals surface area contributed by atoms with E-state index < -0.39 is 0 Å². The average molecular weight is 427 g/mol. The Bertz CT molecular complexity index is 939. The molecule has 4 aliphatic carbocycles. The normalized spacial score (nSPS) is 31.5. The second kappa shape index (κ2) is 10.2. The first-order chi connectivity index (χ1) is 15.5. The maximum Gasteiger partial charge on any atom is 0.00256 e. The molecule has 0 bridgehead atoms. The monoisotopic (exact) mass is 426 g/mol. The van der Waals surface area contributed by atoms with Gasteiger partial charge < -0.3 is 0 Å². The van der Waals surface area contributed by atoms with Gasteiger partial charge in [0.1, 0.15) is 0 Å². The summed E-state index contributed by atoms with van der Waals surface area (Å²) in [6.07, 6.45) is 32.8. The van der Waals surface area contributed by atoms with E-state index in [1.165, 1.54) is 43.3 Å². The first kappa shape index (κ1) is 23.1. The van der Waals surface area contributed by atoms with Crippen LogP contribution in [-0.2, 0) is 0 Å². The van der Waals surface area contributed by atoms with E-state index in [1.807, 2.05) is 0 Å². The molecular weight excluding hydrogens is 384 g/mol. The largest absolute Gasteiger partial charge is 0.0874 e. The van der Waals surface area contributed by atoms with Gasteiger partial charge >= 0.3 is 0 Å². The molecule has 0 aliphatic heterocycles. The molecule has 0 N–H and O–H groups in total. The minimum atomic E-state index is 0.517. The van der Waals surface area contributed by atoms with Crippen molar-refractivity contribution in [3.05, 3.63) is 94.7 Å². The van der Waals surface area contributed by atoms with Crippen molar-refractivity contribution in [3.63, 3.8) is 0 Å². The summed E-state index contributed by atoms with van der Waals surface area (Å²) in [7, 11) is 0. The van der Waals surface area contributed by atoms with Crippen LogP contribution in [0.2, 0.25) is 0 Å². The topological polar surface area (TPSA) is 0 Å². The molecule has 6 unspecified atom stereocenters. The van der Waals surface area contributed by atoms with Gasteiger partial charge in [-0.2, -0.15) is 0 Å². The smallest absolute Gasteiger partial charge is 0.00256 e. The third-order valence-electron chi connectivity index (χ3n) is 8.39. The van der Waals surface area contributed by atoms with Crippen molar-refractivity contribution in [2.45, 2.75) is 66.7 Å². The van der Waals surface area contributed by atoms with Gasteiger partial charge in [0.25, 0.3) is 0 Å². The van der Waals surface area contributed by atoms with E-state index in [0.29, 0.717) is 29.6 Å². The highest BCUT2D eigenvalue weighted by Crippen LogP contribution is 2.44. The van der Waals surface area contributed by atoms with Crippen molar-refractivity contribution in [2.75, 3.05) is 0 Å². The van der Waals surface area contributed by atoms with E-state index in [9.17, 15) is 0 Å². The van der Waals surface area contributed by atoms with Gasteiger partial charge in [-0.3, -0.25) is 0 Å². The number of allylic oxidation sites excluding steroid dienone is 16. The lowest BCUT2D eigenvalue weighted by Gasteiger charge is -2.33. The van der Waals surface area contributed by atoms with E-state index in [2.05, 4.69) is 101 Å². The highest BCUT2D eigenvalue weighted by Gasteiger charge is 2.33. The van der Waals surface area contributed by atoms with Gasteiger partial charge in [0.05, 0.1) is 0 Å². The Kier molecular flexibility index (Phi) is 7.39. The summed E-state index contributed by atoms with van der Waals surface area (Å²) in [4.78, 5) is 0. The lowest BCUT2D eigenvalue weighted by molar-refractivity contribution is 0.284. The summed E-state index contributed by atoms with van der Waals surface area (Å²) in [6, 6.07) is 0. The summed E-state index contributed by atoms with van der Waals surface area (Å²) in [5.41, 5.74) is 7.63. The van der Waals surface area contributed by atoms with Crippen LogP contribution in [-0.4, -0.2) is 0 Å². The molecule has 0 nitrogen and oxygen atoms in total. The Hall–Kier alpha value is -2.08. The van der Waals surface area contributed by atoms with Crippen LogP contribution in [0, 0.1) is 35.5 Å². The van der Waals surface area contributed by atoms with Crippen LogP contribution in [0.15, 0.2) is 94.7 Å². The molecule has 0 heteroatoms. The van der Waals surface area contributed by atoms with E-state index in [1.54, 1.807) is 16.7 Å². The summed E-state index contributed by atoms with van der Waals surface area (Å²) in [5, 5.41) is 0. The van der Waals surface area contributed by atoms with Gasteiger partial charge in [-0.05, 0) is 81.3 Å². The van der Waals surface area contributed by atoms with Crippen LogP contribution < -0.4 is 0 Å². The first-order valence-electron chi connectivity index (χ1n) is 12.9. The van der Waals surface area contributed by atoms with Gasteiger partial charge in [0, 0.05) is 11.8 Å². The number of hydrogen-bond acceptors (Lipinski definition) is 0. The first-order valence-corrected chi connectivity index (χ1v) is 12.9. The molecule has 0 fully saturated rings. The lowest BCUT2D eigenvalue weighted by Crippen LogP contribution is -2.23. The van der Waals surface area contributed by atoms with Crippen molar-refractivity contribution in [1.82, 2.24) is 0 Å². The second-order valence-corrected chi connectivity index (χ2v) is 10.6. The van der Waals surface area contributed by atoms with Crippen molar-refractivity contribution >= 4 is 0 Å². The fraction of sp³-hybridized carbons (Fsp3) is 0.500. The molecule has 0 saturated heterocycles. The molecule has 0 spiro atoms. The zero-order valence-corrected chi connectivity index (χ0v) is 20.9. The van der Waals surface area contributed by atoms with Gasteiger partial charge in [-0.1, -0.05) is 104 Å². The van der Waals surface area contributed by atoms with Crippen molar-refractivity contribution < 1.29 is 0 Å². The van der Waals surface area contributed by atoms with Crippen molar-refractivity contribution in [3.8, 4) is 0 Å². The Morgan fingerprint density at radius 3 is 2.59 bits per heavy atom. The molecule has 4 rings (SSSR count). The fourth-order valence-corrected chi connectivity index (χ4v) is 6.31. The SMILES string of the molecule is C/C=C\C1=C(C(C)C2=CC=C(C)CC2)C=CC(C(CC)CC2C=CC3C=C(C)C=CC32)C1. The highest BCUT2D eigenvalue weighted by atomic mass is 14.4. The molecule has 170 valence electrons. The van der Waals surface area contributed by atoms with E-state index in [0.717, 1.165) is 5.92 Å². The molecular formula is C32H42. The maximum absolute atomic E-state index is 2.56. The zero-order chi connectivity index (χ0) is 22.7. The van der Waals surface area contributed by atoms with Crippen LogP contribution in [0.1, 0.15) is 66.7 Å². The van der Waals surface area contributed by atoms with Crippen LogP contribution in [0.4, 0.5) is 0 Å². The molecule has 0 aromatic heterocycles. The van der Waals surface area contributed by atoms with Gasteiger partial charge in [0.2, 0.25) is 0 Å². The standard InChI is InChI=1S/C32H42/c1-6-8-28-21-27(16-18-31(28)24(5)26-12-9-22(3)10-13-26)25(7-2)20-30-15-14-29-19-23(4)11-17-32(29)30/h6,8-9,11-12,14-19,24-25,27,29-30,32H,7,10,13,20-21H2,1-5H3/b8-6-. The molecule has 0 amide bonds. The minimum absolute atomic E-state index is 0.517. The Balaban J connectivity index is 1.48. The van der Waals surface area contributed by atoms with Gasteiger partial charge in [-0.15, -0.1) is 0 Å². The van der Waals surface area contributed by atoms with E-state index in [-0.39, 0.29) is 0 Å². The molecule has 32 heavy (non-hydrogen) atoms. The predicted molar refractivity (Wildman–Crippen MR) is 140 cm³/mol. The lowest BCUT2D eigenvalue weighted by atomic mass is 9.71. The molecule has 6 atom stereocenters. The Morgan fingerprint density at radius 1 is 1.03 bits per heavy atom. The molecule has 0 aromatic rings. The fourth-order valence-electron chi connectivity index (χ4n) is 6.31. The molecule has 0 saturated carbocycles. The highest BCUT2D eigenvalue weighted by molar-refractivity contribution is 5.43. The van der Waals surface area contributed by atoms with Crippen molar-refractivity contribution in [2.24, 2.45) is 35.5 Å². The molecule has 4 aliphatic rings. The summed E-state index contributed by atoms with van der Waals surface area (Å²) < 4.78 is 0. The third kappa shape index (κ3) is 4.95. The van der Waals surface area contributed by atoms with Crippen LogP contribution >= 0.6 is 0 Å². The molecule has 0 heterocycles. The van der Waals surface area contributed by atoms with Crippen LogP contribution in [0.3, 0.4) is 0 Å². The predicted octanol–water partition coefficient (Wildman–Crippen LogP) is 9.09. The zero-order valence-electron chi connectivity index (χ0n) is 20.9. The van der Waals surface area contributed by atoms with Gasteiger partial charge in [0.15, 0.2) is 0 Å². The van der Waals surface area contributed by atoms with Crippen LogP contribution in [0.25, 0.3) is 0 Å². The second-order valence-electron chi connectivity index (χ2n) is 10.6. The average Bonchev–Trinajstić information content (AvgIpc) is 3.19. The van der Waals surface area contributed by atoms with E-state index >= 15 is 0 Å². The number of rotatable bonds is 7. The third-order valence-corrected chi connectivity index (χ3v) is 8.39. The van der Waals surface area contributed by atoms with E-state index in [4.69, 9.17) is 0 Å². The quantitative estimate of drug-likeness (QED) is 0.356. The summed E-state index contributed by atoms with van der Waals surface area (Å²) >= 11 is 0. The molecule has 0 aromatic carbocycles. The van der Waals surface area contributed by atoms with Gasteiger partial charge in [-0.25, -0.2) is 0 Å². The Morgan fingerprint density at radius 2 is 1.88 bits per heavy atom. The number of hydrogen-bond donors (Lipinski definition) is 0. The minimum Gasteiger partial charge on any atom is -0.0874 e. The van der Waals surface area contributed by atoms with Crippen LogP contribution in [0.5, 0.6) is 0 Å². The Labute approximate surface area is 197 Å². The number of fused-ring (bicyclic) bond motifs is 1. The summed E-state index contributed by atoms with van der Waals surface area (Å²) in [6.45, 7) is 11.5. The molecule has 0 radical (unpaired) electrons. The van der Waals surface area contributed by atoms with Crippen molar-refractivity contribution in [1.29, 1.82) is 0 Å². The maximum atomic E-state index is 2.56. The summed E-state index contributed by atoms with van der Waals surface area (Å²) in [5.74, 6) is 3.91.